The summed E-state index contributed by atoms with van der Waals surface area (Å²) in [6, 6.07) is 5.58. The van der Waals surface area contributed by atoms with Gasteiger partial charge in [0.05, 0.1) is 0 Å². The van der Waals surface area contributed by atoms with Crippen molar-refractivity contribution in [2.24, 2.45) is 5.92 Å². The van der Waals surface area contributed by atoms with Crippen LogP contribution in [0.1, 0.15) is 30.1 Å². The van der Waals surface area contributed by atoms with E-state index in [1.54, 1.807) is 0 Å². The number of amides is 1. The van der Waals surface area contributed by atoms with Crippen LogP contribution in [0.15, 0.2) is 24.3 Å². The lowest BCUT2D eigenvalue weighted by molar-refractivity contribution is 0.0946. The van der Waals surface area contributed by atoms with Crippen molar-refractivity contribution in [1.82, 2.24) is 5.32 Å². The Kier molecular flexibility index (Phi) is 6.19. The monoisotopic (exact) mass is 301 g/mol. The van der Waals surface area contributed by atoms with E-state index in [-0.39, 0.29) is 11.7 Å². The molecule has 2 nitrogen and oxygen atoms in total. The summed E-state index contributed by atoms with van der Waals surface area (Å²) in [6.07, 6.45) is 2.08. The molecule has 0 fully saturated rings. The molecular weight excluding hydrogens is 285 g/mol. The number of hydrogen-bond acceptors (Lipinski definition) is 1. The maximum absolute atomic E-state index is 12.7. The van der Waals surface area contributed by atoms with E-state index < -0.39 is 0 Å². The first-order chi connectivity index (χ1) is 8.17. The van der Waals surface area contributed by atoms with Gasteiger partial charge in [0.1, 0.15) is 5.82 Å². The average Bonchev–Trinajstić information content (AvgIpc) is 2.35. The topological polar surface area (TPSA) is 29.1 Å². The fraction of sp³-hybridized carbons (Fsp3) is 0.462. The van der Waals surface area contributed by atoms with Crippen LogP contribution in [-0.4, -0.2) is 17.8 Å². The van der Waals surface area contributed by atoms with Gasteiger partial charge in [0.25, 0.3) is 5.91 Å². The first-order valence-corrected chi connectivity index (χ1v) is 6.89. The number of rotatable bonds is 6. The molecular formula is C13H17BrFNO. The number of halogens is 2. The molecule has 1 atom stereocenters. The van der Waals surface area contributed by atoms with Crippen molar-refractivity contribution in [2.45, 2.75) is 19.8 Å². The molecule has 1 aromatic rings. The van der Waals surface area contributed by atoms with Crippen LogP contribution in [0.5, 0.6) is 0 Å². The Bertz CT molecular complexity index is 353. The normalized spacial score (nSPS) is 12.2. The highest BCUT2D eigenvalue weighted by Crippen LogP contribution is 2.09. The number of carbonyl (C=O) groups is 1. The van der Waals surface area contributed by atoms with Crippen molar-refractivity contribution in [3.8, 4) is 0 Å². The van der Waals surface area contributed by atoms with Gasteiger partial charge >= 0.3 is 0 Å². The summed E-state index contributed by atoms with van der Waals surface area (Å²) < 4.78 is 12.7. The van der Waals surface area contributed by atoms with Gasteiger partial charge in [-0.25, -0.2) is 4.39 Å². The van der Waals surface area contributed by atoms with E-state index in [2.05, 4.69) is 28.2 Å². The molecule has 0 spiro atoms. The molecule has 1 N–H and O–H groups in total. The number of carbonyl (C=O) groups excluding carboxylic acids is 1. The Morgan fingerprint density at radius 1 is 1.41 bits per heavy atom. The van der Waals surface area contributed by atoms with Gasteiger partial charge in [0.2, 0.25) is 0 Å². The number of nitrogens with one attached hydrogen (secondary N) is 1. The van der Waals surface area contributed by atoms with Crippen LogP contribution < -0.4 is 5.32 Å². The second kappa shape index (κ2) is 7.43. The molecule has 1 amide bonds. The Balaban J connectivity index is 2.46. The summed E-state index contributed by atoms with van der Waals surface area (Å²) in [7, 11) is 0. The van der Waals surface area contributed by atoms with Crippen LogP contribution in [0.3, 0.4) is 0 Å². The van der Waals surface area contributed by atoms with Gasteiger partial charge in [0, 0.05) is 17.4 Å². The highest BCUT2D eigenvalue weighted by atomic mass is 79.9. The maximum Gasteiger partial charge on any atom is 0.251 e. The minimum absolute atomic E-state index is 0.141. The van der Waals surface area contributed by atoms with Crippen LogP contribution in [0.2, 0.25) is 0 Å². The van der Waals surface area contributed by atoms with E-state index in [1.165, 1.54) is 24.3 Å². The first kappa shape index (κ1) is 14.2. The lowest BCUT2D eigenvalue weighted by atomic mass is 10.0. The molecule has 0 radical (unpaired) electrons. The van der Waals surface area contributed by atoms with E-state index in [4.69, 9.17) is 0 Å². The largest absolute Gasteiger partial charge is 0.352 e. The molecule has 1 rings (SSSR count). The van der Waals surface area contributed by atoms with Crippen molar-refractivity contribution >= 4 is 21.8 Å². The van der Waals surface area contributed by atoms with Gasteiger partial charge in [-0.1, -0.05) is 29.3 Å². The second-order valence-electron chi connectivity index (χ2n) is 3.97. The Morgan fingerprint density at radius 3 is 2.59 bits per heavy atom. The molecule has 4 heteroatoms. The summed E-state index contributed by atoms with van der Waals surface area (Å²) in [5, 5.41) is 3.81. The second-order valence-corrected chi connectivity index (χ2v) is 4.76. The van der Waals surface area contributed by atoms with E-state index in [9.17, 15) is 9.18 Å². The summed E-state index contributed by atoms with van der Waals surface area (Å²) in [6.45, 7) is 2.77. The molecule has 17 heavy (non-hydrogen) atoms. The molecule has 1 unspecified atom stereocenters. The highest BCUT2D eigenvalue weighted by Gasteiger charge is 2.09. The molecule has 0 bridgehead atoms. The van der Waals surface area contributed by atoms with Gasteiger partial charge in [0.15, 0.2) is 0 Å². The summed E-state index contributed by atoms with van der Waals surface area (Å²) in [5.41, 5.74) is 0.500. The van der Waals surface area contributed by atoms with Crippen molar-refractivity contribution in [2.75, 3.05) is 11.9 Å². The van der Waals surface area contributed by atoms with Gasteiger partial charge < -0.3 is 5.32 Å². The number of alkyl halides is 1. The van der Waals surface area contributed by atoms with Crippen LogP contribution in [0, 0.1) is 11.7 Å². The Morgan fingerprint density at radius 2 is 2.06 bits per heavy atom. The smallest absolute Gasteiger partial charge is 0.251 e. The third-order valence-electron chi connectivity index (χ3n) is 2.75. The van der Waals surface area contributed by atoms with E-state index in [0.29, 0.717) is 18.0 Å². The SMILES string of the molecule is CCC(CCBr)CNC(=O)c1ccc(F)cc1. The van der Waals surface area contributed by atoms with Crippen LogP contribution in [0.4, 0.5) is 4.39 Å². The minimum atomic E-state index is -0.327. The van der Waals surface area contributed by atoms with Crippen LogP contribution in [0.25, 0.3) is 0 Å². The van der Waals surface area contributed by atoms with Crippen molar-refractivity contribution < 1.29 is 9.18 Å². The fourth-order valence-corrected chi connectivity index (χ4v) is 2.19. The molecule has 1 aromatic carbocycles. The molecule has 0 aliphatic rings. The zero-order valence-corrected chi connectivity index (χ0v) is 11.5. The number of hydrogen-bond donors (Lipinski definition) is 1. The van der Waals surface area contributed by atoms with Gasteiger partial charge in [-0.05, 0) is 36.6 Å². The molecule has 0 saturated heterocycles. The number of benzene rings is 1. The lowest BCUT2D eigenvalue weighted by Gasteiger charge is -2.14. The summed E-state index contributed by atoms with van der Waals surface area (Å²) in [4.78, 5) is 11.7. The van der Waals surface area contributed by atoms with E-state index >= 15 is 0 Å². The fourth-order valence-electron chi connectivity index (χ4n) is 1.55. The van der Waals surface area contributed by atoms with Gasteiger partial charge in [-0.3, -0.25) is 4.79 Å². The summed E-state index contributed by atoms with van der Waals surface area (Å²) >= 11 is 3.40. The molecule has 0 aromatic heterocycles. The predicted molar refractivity (Wildman–Crippen MR) is 70.9 cm³/mol. The zero-order valence-electron chi connectivity index (χ0n) is 9.88. The quantitative estimate of drug-likeness (QED) is 0.802. The minimum Gasteiger partial charge on any atom is -0.352 e. The third kappa shape index (κ3) is 4.86. The molecule has 0 aliphatic carbocycles. The van der Waals surface area contributed by atoms with Crippen molar-refractivity contribution in [3.63, 3.8) is 0 Å². The molecule has 0 heterocycles. The molecule has 0 aliphatic heterocycles. The van der Waals surface area contributed by atoms with Gasteiger partial charge in [-0.2, -0.15) is 0 Å². The zero-order chi connectivity index (χ0) is 12.7. The predicted octanol–water partition coefficient (Wildman–Crippen LogP) is 3.37. The van der Waals surface area contributed by atoms with E-state index in [1.807, 2.05) is 0 Å². The molecule has 94 valence electrons. The van der Waals surface area contributed by atoms with Crippen molar-refractivity contribution in [1.29, 1.82) is 0 Å². The lowest BCUT2D eigenvalue weighted by Crippen LogP contribution is -2.29. The van der Waals surface area contributed by atoms with Gasteiger partial charge in [-0.15, -0.1) is 0 Å². The molecule has 0 saturated carbocycles. The maximum atomic E-state index is 12.7. The Hall–Kier alpha value is -0.900. The van der Waals surface area contributed by atoms with Crippen LogP contribution in [-0.2, 0) is 0 Å². The van der Waals surface area contributed by atoms with E-state index in [0.717, 1.165) is 18.2 Å². The van der Waals surface area contributed by atoms with Crippen molar-refractivity contribution in [3.05, 3.63) is 35.6 Å². The summed E-state index contributed by atoms with van der Waals surface area (Å²) in [5.74, 6) is 0.0177. The standard InChI is InChI=1S/C13H17BrFNO/c1-2-10(7-8-14)9-16-13(17)11-3-5-12(15)6-4-11/h3-6,10H,2,7-9H2,1H3,(H,16,17). The average molecular weight is 302 g/mol. The third-order valence-corrected chi connectivity index (χ3v) is 3.21. The Labute approximate surface area is 110 Å². The van der Waals surface area contributed by atoms with Crippen LogP contribution >= 0.6 is 15.9 Å². The highest BCUT2D eigenvalue weighted by molar-refractivity contribution is 9.09. The first-order valence-electron chi connectivity index (χ1n) is 5.77.